The summed E-state index contributed by atoms with van der Waals surface area (Å²) in [6, 6.07) is 0. The Bertz CT molecular complexity index is 312. The first-order valence-corrected chi connectivity index (χ1v) is 5.43. The van der Waals surface area contributed by atoms with Crippen LogP contribution in [0, 0.1) is 6.92 Å². The fraction of sp³-hybridized carbons (Fsp3) is 0.625. The van der Waals surface area contributed by atoms with Crippen LogP contribution in [-0.4, -0.2) is 38.4 Å². The Kier molecular flexibility index (Phi) is 4.06. The molecule has 0 bridgehead atoms. The van der Waals surface area contributed by atoms with Crippen molar-refractivity contribution >= 4 is 21.8 Å². The molecule has 5 nitrogen and oxygen atoms in total. The van der Waals surface area contributed by atoms with Gasteiger partial charge in [0.1, 0.15) is 5.82 Å². The number of aromatic amines is 1. The smallest absolute Gasteiger partial charge is 0.223 e. The molecular formula is C8H13BrN4O. The first-order chi connectivity index (χ1) is 6.63. The average molecular weight is 261 g/mol. The molecule has 14 heavy (non-hydrogen) atoms. The van der Waals surface area contributed by atoms with Gasteiger partial charge in [0.2, 0.25) is 5.91 Å². The van der Waals surface area contributed by atoms with Gasteiger partial charge in [-0.15, -0.1) is 0 Å². The van der Waals surface area contributed by atoms with E-state index in [-0.39, 0.29) is 5.91 Å². The number of H-pyrrole nitrogens is 1. The molecule has 0 fully saturated rings. The third kappa shape index (κ3) is 3.10. The highest BCUT2D eigenvalue weighted by atomic mass is 79.9. The third-order valence-electron chi connectivity index (χ3n) is 1.76. The van der Waals surface area contributed by atoms with Crippen LogP contribution in [0.2, 0.25) is 0 Å². The van der Waals surface area contributed by atoms with E-state index in [9.17, 15) is 4.79 Å². The average Bonchev–Trinajstić information content (AvgIpc) is 2.51. The second-order valence-electron chi connectivity index (χ2n) is 3.03. The Labute approximate surface area is 91.0 Å². The van der Waals surface area contributed by atoms with Gasteiger partial charge in [-0.3, -0.25) is 9.89 Å². The van der Waals surface area contributed by atoms with Crippen molar-refractivity contribution in [1.29, 1.82) is 0 Å². The molecule has 0 aromatic carbocycles. The van der Waals surface area contributed by atoms with Crippen molar-refractivity contribution in [1.82, 2.24) is 20.1 Å². The molecule has 0 spiro atoms. The summed E-state index contributed by atoms with van der Waals surface area (Å²) in [6.07, 6.45) is 0.500. The summed E-state index contributed by atoms with van der Waals surface area (Å²) < 4.78 is 0. The molecule has 78 valence electrons. The molecule has 0 aliphatic heterocycles. The van der Waals surface area contributed by atoms with Gasteiger partial charge in [0.15, 0.2) is 5.82 Å². The maximum Gasteiger partial charge on any atom is 0.223 e. The van der Waals surface area contributed by atoms with Crippen LogP contribution in [0.15, 0.2) is 0 Å². The monoisotopic (exact) mass is 260 g/mol. The van der Waals surface area contributed by atoms with Gasteiger partial charge in [-0.25, -0.2) is 4.98 Å². The minimum Gasteiger partial charge on any atom is -0.338 e. The van der Waals surface area contributed by atoms with Gasteiger partial charge in [-0.05, 0) is 6.92 Å². The first-order valence-electron chi connectivity index (χ1n) is 4.31. The molecule has 0 atom stereocenters. The maximum atomic E-state index is 11.4. The number of aryl methyl sites for hydroxylation is 1. The van der Waals surface area contributed by atoms with E-state index >= 15 is 0 Å². The van der Waals surface area contributed by atoms with Gasteiger partial charge in [0.25, 0.3) is 0 Å². The molecule has 6 heteroatoms. The van der Waals surface area contributed by atoms with Crippen LogP contribution < -0.4 is 0 Å². The summed E-state index contributed by atoms with van der Waals surface area (Å²) >= 11 is 3.22. The summed E-state index contributed by atoms with van der Waals surface area (Å²) in [5.74, 6) is 1.50. The minimum atomic E-state index is 0.0873. The van der Waals surface area contributed by atoms with Gasteiger partial charge >= 0.3 is 0 Å². The largest absolute Gasteiger partial charge is 0.338 e. The number of halogens is 1. The van der Waals surface area contributed by atoms with Crippen LogP contribution in [-0.2, 0) is 11.3 Å². The Morgan fingerprint density at radius 2 is 2.36 bits per heavy atom. The van der Waals surface area contributed by atoms with Crippen LogP contribution >= 0.6 is 15.9 Å². The Balaban J connectivity index is 2.48. The van der Waals surface area contributed by atoms with Crippen molar-refractivity contribution in [2.45, 2.75) is 19.9 Å². The van der Waals surface area contributed by atoms with Crippen LogP contribution in [0.1, 0.15) is 18.1 Å². The van der Waals surface area contributed by atoms with E-state index < -0.39 is 0 Å². The fourth-order valence-electron chi connectivity index (χ4n) is 1.03. The van der Waals surface area contributed by atoms with Crippen LogP contribution in [0.5, 0.6) is 0 Å². The predicted molar refractivity (Wildman–Crippen MR) is 56.0 cm³/mol. The normalized spacial score (nSPS) is 10.2. The van der Waals surface area contributed by atoms with Crippen LogP contribution in [0.4, 0.5) is 0 Å². The first kappa shape index (κ1) is 11.2. The lowest BCUT2D eigenvalue weighted by Crippen LogP contribution is -2.26. The molecule has 0 radical (unpaired) electrons. The number of carbonyl (C=O) groups is 1. The third-order valence-corrected chi connectivity index (χ3v) is 2.15. The Morgan fingerprint density at radius 1 is 1.64 bits per heavy atom. The maximum absolute atomic E-state index is 11.4. The van der Waals surface area contributed by atoms with Gasteiger partial charge in [0.05, 0.1) is 6.54 Å². The van der Waals surface area contributed by atoms with Gasteiger partial charge in [-0.1, -0.05) is 15.9 Å². The van der Waals surface area contributed by atoms with E-state index in [0.717, 1.165) is 5.82 Å². The molecule has 0 aliphatic rings. The summed E-state index contributed by atoms with van der Waals surface area (Å²) in [6.45, 7) is 2.28. The number of hydrogen-bond acceptors (Lipinski definition) is 3. The van der Waals surface area contributed by atoms with Crippen molar-refractivity contribution in [2.24, 2.45) is 0 Å². The molecule has 1 N–H and O–H groups in total. The number of alkyl halides is 1. The molecule has 0 saturated heterocycles. The van der Waals surface area contributed by atoms with Gasteiger partial charge in [0, 0.05) is 18.8 Å². The molecular weight excluding hydrogens is 248 g/mol. The van der Waals surface area contributed by atoms with Crippen molar-refractivity contribution in [3.63, 3.8) is 0 Å². The number of nitrogens with one attached hydrogen (secondary N) is 1. The Morgan fingerprint density at radius 3 is 2.86 bits per heavy atom. The van der Waals surface area contributed by atoms with Crippen molar-refractivity contribution in [3.8, 4) is 0 Å². The number of hydrogen-bond donors (Lipinski definition) is 1. The second-order valence-corrected chi connectivity index (χ2v) is 3.82. The lowest BCUT2D eigenvalue weighted by atomic mass is 10.4. The molecule has 1 amide bonds. The molecule has 0 saturated carbocycles. The SMILES string of the molecule is Cc1nc(CN(C)C(=O)CCBr)n[nH]1. The Hall–Kier alpha value is -0.910. The lowest BCUT2D eigenvalue weighted by molar-refractivity contribution is -0.130. The summed E-state index contributed by atoms with van der Waals surface area (Å²) in [4.78, 5) is 17.1. The summed E-state index contributed by atoms with van der Waals surface area (Å²) in [5.41, 5.74) is 0. The van der Waals surface area contributed by atoms with Crippen molar-refractivity contribution in [3.05, 3.63) is 11.6 Å². The summed E-state index contributed by atoms with van der Waals surface area (Å²) in [5, 5.41) is 7.38. The molecule has 0 aliphatic carbocycles. The van der Waals surface area contributed by atoms with Crippen LogP contribution in [0.25, 0.3) is 0 Å². The van der Waals surface area contributed by atoms with E-state index in [0.29, 0.717) is 24.1 Å². The predicted octanol–water partition coefficient (Wildman–Crippen LogP) is 0.857. The lowest BCUT2D eigenvalue weighted by Gasteiger charge is -2.13. The highest BCUT2D eigenvalue weighted by Crippen LogP contribution is 2.00. The molecule has 1 aromatic heterocycles. The molecule has 1 aromatic rings. The van der Waals surface area contributed by atoms with E-state index in [1.54, 1.807) is 11.9 Å². The number of aromatic nitrogens is 3. The number of amides is 1. The van der Waals surface area contributed by atoms with Crippen LogP contribution in [0.3, 0.4) is 0 Å². The molecule has 0 unspecified atom stereocenters. The van der Waals surface area contributed by atoms with E-state index in [4.69, 9.17) is 0 Å². The highest BCUT2D eigenvalue weighted by molar-refractivity contribution is 9.09. The number of carbonyl (C=O) groups excluding carboxylic acids is 1. The second kappa shape index (κ2) is 5.09. The molecule has 1 rings (SSSR count). The van der Waals surface area contributed by atoms with E-state index in [1.807, 2.05) is 6.92 Å². The van der Waals surface area contributed by atoms with E-state index in [1.165, 1.54) is 0 Å². The topological polar surface area (TPSA) is 61.9 Å². The number of nitrogens with zero attached hydrogens (tertiary/aromatic N) is 3. The standard InChI is InChI=1S/C8H13BrN4O/c1-6-10-7(12-11-6)5-13(2)8(14)3-4-9/h3-5H2,1-2H3,(H,10,11,12). The number of rotatable bonds is 4. The zero-order valence-corrected chi connectivity index (χ0v) is 9.84. The van der Waals surface area contributed by atoms with Crippen molar-refractivity contribution < 1.29 is 4.79 Å². The molecule has 1 heterocycles. The van der Waals surface area contributed by atoms with Gasteiger partial charge < -0.3 is 4.90 Å². The zero-order chi connectivity index (χ0) is 10.6. The quantitative estimate of drug-likeness (QED) is 0.817. The van der Waals surface area contributed by atoms with E-state index in [2.05, 4.69) is 31.1 Å². The zero-order valence-electron chi connectivity index (χ0n) is 8.25. The van der Waals surface area contributed by atoms with Crippen molar-refractivity contribution in [2.75, 3.05) is 12.4 Å². The fourth-order valence-corrected chi connectivity index (χ4v) is 1.37. The highest BCUT2D eigenvalue weighted by Gasteiger charge is 2.10. The minimum absolute atomic E-state index is 0.0873. The van der Waals surface area contributed by atoms with Gasteiger partial charge in [-0.2, -0.15) is 5.10 Å². The summed E-state index contributed by atoms with van der Waals surface area (Å²) in [7, 11) is 1.75.